The van der Waals surface area contributed by atoms with Crippen LogP contribution in [0.3, 0.4) is 0 Å². The minimum absolute atomic E-state index is 0.0316. The Morgan fingerprint density at radius 1 is 1.33 bits per heavy atom. The average molecular weight is 285 g/mol. The highest BCUT2D eigenvalue weighted by atomic mass is 16.5. The van der Waals surface area contributed by atoms with Crippen LogP contribution in [0.4, 0.5) is 0 Å². The number of nitrogens with two attached hydrogens (primary N) is 1. The Morgan fingerprint density at radius 3 is 2.95 bits per heavy atom. The van der Waals surface area contributed by atoms with E-state index < -0.39 is 0 Å². The lowest BCUT2D eigenvalue weighted by Gasteiger charge is -2.37. The summed E-state index contributed by atoms with van der Waals surface area (Å²) in [5.41, 5.74) is 8.48. The van der Waals surface area contributed by atoms with Crippen molar-refractivity contribution in [3.05, 3.63) is 42.1 Å². The van der Waals surface area contributed by atoms with Crippen LogP contribution in [0.25, 0.3) is 10.9 Å². The van der Waals surface area contributed by atoms with Crippen LogP contribution >= 0.6 is 0 Å². The number of fused-ring (bicyclic) bond motifs is 1. The van der Waals surface area contributed by atoms with Gasteiger partial charge in [0.05, 0.1) is 24.3 Å². The van der Waals surface area contributed by atoms with Gasteiger partial charge in [0.1, 0.15) is 0 Å². The fourth-order valence-corrected chi connectivity index (χ4v) is 2.87. The predicted molar refractivity (Wildman–Crippen MR) is 85.1 cm³/mol. The number of pyridine rings is 1. The van der Waals surface area contributed by atoms with E-state index >= 15 is 0 Å². The number of morpholine rings is 1. The first-order chi connectivity index (χ1) is 10.1. The van der Waals surface area contributed by atoms with Crippen LogP contribution in [-0.4, -0.2) is 41.7 Å². The molecule has 21 heavy (non-hydrogen) atoms. The van der Waals surface area contributed by atoms with Crippen LogP contribution in [0, 0.1) is 0 Å². The molecule has 3 rings (SSSR count). The number of aromatic nitrogens is 1. The second-order valence-corrected chi connectivity index (χ2v) is 5.99. The zero-order valence-electron chi connectivity index (χ0n) is 12.7. The molecule has 2 heterocycles. The minimum Gasteiger partial charge on any atom is -0.374 e. The van der Waals surface area contributed by atoms with Gasteiger partial charge in [0.25, 0.3) is 0 Å². The predicted octanol–water partition coefficient (Wildman–Crippen LogP) is 2.34. The second-order valence-electron chi connectivity index (χ2n) is 5.99. The molecule has 2 unspecified atom stereocenters. The Kier molecular flexibility index (Phi) is 4.19. The van der Waals surface area contributed by atoms with Crippen molar-refractivity contribution in [2.24, 2.45) is 5.73 Å². The Hall–Kier alpha value is -1.49. The molecule has 1 aliphatic heterocycles. The molecule has 1 saturated heterocycles. The summed E-state index contributed by atoms with van der Waals surface area (Å²) < 4.78 is 5.89. The standard InChI is InChI=1S/C17H23N3O/c1-12(2)20-7-8-21-16(11-20)17(18)14-9-13-5-3-4-6-15(13)19-10-14/h3-6,9-10,12,16-17H,7-8,11,18H2,1-2H3. The minimum atomic E-state index is -0.136. The van der Waals surface area contributed by atoms with Crippen molar-refractivity contribution in [2.75, 3.05) is 19.7 Å². The molecule has 0 aliphatic carbocycles. The summed E-state index contributed by atoms with van der Waals surface area (Å²) in [6.07, 6.45) is 1.91. The number of rotatable bonds is 3. The molecule has 1 fully saturated rings. The van der Waals surface area contributed by atoms with Crippen LogP contribution in [0.2, 0.25) is 0 Å². The molecule has 2 N–H and O–H groups in total. The zero-order chi connectivity index (χ0) is 14.8. The number of nitrogens with zero attached hydrogens (tertiary/aromatic N) is 2. The van der Waals surface area contributed by atoms with Crippen molar-refractivity contribution in [1.82, 2.24) is 9.88 Å². The van der Waals surface area contributed by atoms with Crippen LogP contribution in [-0.2, 0) is 4.74 Å². The van der Waals surface area contributed by atoms with Gasteiger partial charge < -0.3 is 10.5 Å². The fourth-order valence-electron chi connectivity index (χ4n) is 2.87. The summed E-state index contributed by atoms with van der Waals surface area (Å²) in [5.74, 6) is 0. The van der Waals surface area contributed by atoms with Crippen molar-refractivity contribution in [3.63, 3.8) is 0 Å². The van der Waals surface area contributed by atoms with E-state index in [2.05, 4.69) is 35.9 Å². The Morgan fingerprint density at radius 2 is 2.14 bits per heavy atom. The normalized spacial score (nSPS) is 21.8. The molecule has 2 atom stereocenters. The van der Waals surface area contributed by atoms with Crippen molar-refractivity contribution in [1.29, 1.82) is 0 Å². The van der Waals surface area contributed by atoms with Crippen molar-refractivity contribution in [3.8, 4) is 0 Å². The average Bonchev–Trinajstić information content (AvgIpc) is 2.53. The van der Waals surface area contributed by atoms with Crippen LogP contribution in [0.5, 0.6) is 0 Å². The summed E-state index contributed by atoms with van der Waals surface area (Å²) in [7, 11) is 0. The van der Waals surface area contributed by atoms with E-state index in [1.54, 1.807) is 0 Å². The van der Waals surface area contributed by atoms with Gasteiger partial charge in [-0.05, 0) is 31.5 Å². The first kappa shape index (κ1) is 14.4. The van der Waals surface area contributed by atoms with Crippen LogP contribution in [0.1, 0.15) is 25.5 Å². The lowest BCUT2D eigenvalue weighted by atomic mass is 10.0. The molecule has 2 aromatic rings. The summed E-state index contributed by atoms with van der Waals surface area (Å²) in [6.45, 7) is 7.04. The third kappa shape index (κ3) is 3.07. The van der Waals surface area contributed by atoms with Gasteiger partial charge in [-0.3, -0.25) is 9.88 Å². The first-order valence-electron chi connectivity index (χ1n) is 7.61. The molecular weight excluding hydrogens is 262 g/mol. The molecule has 1 aromatic heterocycles. The van der Waals surface area contributed by atoms with E-state index in [-0.39, 0.29) is 12.1 Å². The Labute approximate surface area is 125 Å². The quantitative estimate of drug-likeness (QED) is 0.940. The number of ether oxygens (including phenoxy) is 1. The Bertz CT molecular complexity index is 614. The first-order valence-corrected chi connectivity index (χ1v) is 7.61. The van der Waals surface area contributed by atoms with Gasteiger partial charge in [0.15, 0.2) is 0 Å². The summed E-state index contributed by atoms with van der Waals surface area (Å²) in [5, 5.41) is 1.13. The maximum Gasteiger partial charge on any atom is 0.0895 e. The van der Waals surface area contributed by atoms with Crippen molar-refractivity contribution >= 4 is 10.9 Å². The fraction of sp³-hybridized carbons (Fsp3) is 0.471. The number of para-hydroxylation sites is 1. The van der Waals surface area contributed by atoms with E-state index in [4.69, 9.17) is 10.5 Å². The van der Waals surface area contributed by atoms with E-state index in [1.165, 1.54) is 0 Å². The molecule has 0 amide bonds. The van der Waals surface area contributed by atoms with E-state index in [1.807, 2.05) is 24.4 Å². The smallest absolute Gasteiger partial charge is 0.0895 e. The highest BCUT2D eigenvalue weighted by molar-refractivity contribution is 5.78. The lowest BCUT2D eigenvalue weighted by Crippen LogP contribution is -2.49. The van der Waals surface area contributed by atoms with Gasteiger partial charge in [-0.15, -0.1) is 0 Å². The maximum atomic E-state index is 6.43. The molecule has 4 nitrogen and oxygen atoms in total. The summed E-state index contributed by atoms with van der Waals surface area (Å²) >= 11 is 0. The van der Waals surface area contributed by atoms with Gasteiger partial charge >= 0.3 is 0 Å². The monoisotopic (exact) mass is 285 g/mol. The number of hydrogen-bond acceptors (Lipinski definition) is 4. The van der Waals surface area contributed by atoms with E-state index in [0.717, 1.165) is 36.2 Å². The third-order valence-electron chi connectivity index (χ3n) is 4.25. The molecule has 4 heteroatoms. The summed E-state index contributed by atoms with van der Waals surface area (Å²) in [4.78, 5) is 6.92. The molecule has 0 bridgehead atoms. The van der Waals surface area contributed by atoms with Gasteiger partial charge in [0, 0.05) is 30.7 Å². The number of hydrogen-bond donors (Lipinski definition) is 1. The third-order valence-corrected chi connectivity index (χ3v) is 4.25. The highest BCUT2D eigenvalue weighted by Gasteiger charge is 2.28. The summed E-state index contributed by atoms with van der Waals surface area (Å²) in [6, 6.07) is 10.6. The second kappa shape index (κ2) is 6.10. The van der Waals surface area contributed by atoms with Gasteiger partial charge in [-0.25, -0.2) is 0 Å². The SMILES string of the molecule is CC(C)N1CCOC(C(N)c2cnc3ccccc3c2)C1. The molecule has 112 valence electrons. The Balaban J connectivity index is 1.81. The lowest BCUT2D eigenvalue weighted by molar-refractivity contribution is -0.0502. The van der Waals surface area contributed by atoms with Crippen molar-refractivity contribution < 1.29 is 4.74 Å². The van der Waals surface area contributed by atoms with Crippen molar-refractivity contribution in [2.45, 2.75) is 32.0 Å². The maximum absolute atomic E-state index is 6.43. The van der Waals surface area contributed by atoms with Gasteiger partial charge in [-0.2, -0.15) is 0 Å². The van der Waals surface area contributed by atoms with Crippen LogP contribution in [0.15, 0.2) is 36.5 Å². The zero-order valence-corrected chi connectivity index (χ0v) is 12.7. The van der Waals surface area contributed by atoms with E-state index in [9.17, 15) is 0 Å². The number of benzene rings is 1. The van der Waals surface area contributed by atoms with Gasteiger partial charge in [0.2, 0.25) is 0 Å². The highest BCUT2D eigenvalue weighted by Crippen LogP contribution is 2.23. The van der Waals surface area contributed by atoms with Crippen LogP contribution < -0.4 is 5.73 Å². The largest absolute Gasteiger partial charge is 0.374 e. The molecule has 1 aliphatic rings. The topological polar surface area (TPSA) is 51.4 Å². The molecule has 0 spiro atoms. The molecule has 0 radical (unpaired) electrons. The molecule has 1 aromatic carbocycles. The molecular formula is C17H23N3O. The van der Waals surface area contributed by atoms with Gasteiger partial charge in [-0.1, -0.05) is 18.2 Å². The van der Waals surface area contributed by atoms with E-state index in [0.29, 0.717) is 6.04 Å². The molecule has 0 saturated carbocycles.